The van der Waals surface area contributed by atoms with Crippen LogP contribution in [0.4, 0.5) is 13.2 Å². The molecule has 1 N–H and O–H groups in total. The summed E-state index contributed by atoms with van der Waals surface area (Å²) < 4.78 is 44.1. The zero-order chi connectivity index (χ0) is 14.3. The molecule has 0 amide bonds. The second kappa shape index (κ2) is 4.30. The van der Waals surface area contributed by atoms with Gasteiger partial charge in [0.1, 0.15) is 11.1 Å². The molecule has 0 aliphatic rings. The van der Waals surface area contributed by atoms with E-state index in [2.05, 4.69) is 0 Å². The quantitative estimate of drug-likeness (QED) is 0.692. The van der Waals surface area contributed by atoms with Gasteiger partial charge in [-0.15, -0.1) is 0 Å². The molecule has 0 saturated heterocycles. The SMILES string of the molecule is Oc1oc2cccc(-c3ccccc3)c2c1C(F)(F)F. The molecule has 1 heterocycles. The van der Waals surface area contributed by atoms with Gasteiger partial charge in [0.25, 0.3) is 5.95 Å². The summed E-state index contributed by atoms with van der Waals surface area (Å²) in [5.41, 5.74) is -0.119. The molecule has 0 aliphatic carbocycles. The van der Waals surface area contributed by atoms with Crippen molar-refractivity contribution in [2.75, 3.05) is 0 Å². The Morgan fingerprint density at radius 2 is 1.60 bits per heavy atom. The third kappa shape index (κ3) is 1.91. The van der Waals surface area contributed by atoms with Gasteiger partial charge in [0.05, 0.1) is 0 Å². The molecule has 0 fully saturated rings. The van der Waals surface area contributed by atoms with Crippen LogP contribution in [-0.4, -0.2) is 5.11 Å². The van der Waals surface area contributed by atoms with Gasteiger partial charge in [0.2, 0.25) is 0 Å². The van der Waals surface area contributed by atoms with Crippen molar-refractivity contribution >= 4 is 11.0 Å². The van der Waals surface area contributed by atoms with Crippen LogP contribution in [0.25, 0.3) is 22.1 Å². The van der Waals surface area contributed by atoms with E-state index in [0.29, 0.717) is 11.1 Å². The van der Waals surface area contributed by atoms with E-state index in [4.69, 9.17) is 4.42 Å². The summed E-state index contributed by atoms with van der Waals surface area (Å²) in [5, 5.41) is 9.33. The minimum atomic E-state index is -4.68. The maximum atomic E-state index is 13.1. The van der Waals surface area contributed by atoms with Crippen LogP contribution in [-0.2, 0) is 6.18 Å². The van der Waals surface area contributed by atoms with Crippen molar-refractivity contribution in [3.8, 4) is 17.1 Å². The summed E-state index contributed by atoms with van der Waals surface area (Å²) in [7, 11) is 0. The molecule has 2 nitrogen and oxygen atoms in total. The van der Waals surface area contributed by atoms with E-state index in [-0.39, 0.29) is 11.0 Å². The van der Waals surface area contributed by atoms with E-state index in [1.165, 1.54) is 6.07 Å². The van der Waals surface area contributed by atoms with Crippen LogP contribution in [0.3, 0.4) is 0 Å². The monoisotopic (exact) mass is 278 g/mol. The number of benzene rings is 2. The number of fused-ring (bicyclic) bond motifs is 1. The first-order chi connectivity index (χ1) is 9.48. The summed E-state index contributed by atoms with van der Waals surface area (Å²) in [4.78, 5) is 0. The highest BCUT2D eigenvalue weighted by Gasteiger charge is 2.40. The smallest absolute Gasteiger partial charge is 0.423 e. The Morgan fingerprint density at radius 1 is 0.900 bits per heavy atom. The maximum absolute atomic E-state index is 13.1. The lowest BCUT2D eigenvalue weighted by Gasteiger charge is -2.08. The molecule has 1 aromatic heterocycles. The molecule has 0 unspecified atom stereocenters. The van der Waals surface area contributed by atoms with E-state index in [1.807, 2.05) is 0 Å². The molecular formula is C15H9F3O2. The Labute approximate surface area is 112 Å². The predicted octanol–water partition coefficient (Wildman–Crippen LogP) is 4.82. The minimum Gasteiger partial charge on any atom is -0.480 e. The van der Waals surface area contributed by atoms with Crippen molar-refractivity contribution in [2.45, 2.75) is 6.18 Å². The molecule has 0 radical (unpaired) electrons. The fourth-order valence-corrected chi connectivity index (χ4v) is 2.26. The highest BCUT2D eigenvalue weighted by molar-refractivity contribution is 5.98. The maximum Gasteiger partial charge on any atom is 0.423 e. The summed E-state index contributed by atoms with van der Waals surface area (Å²) in [6, 6.07) is 13.2. The second-order valence-corrected chi connectivity index (χ2v) is 4.32. The van der Waals surface area contributed by atoms with Crippen molar-refractivity contribution in [1.82, 2.24) is 0 Å². The third-order valence-electron chi connectivity index (χ3n) is 3.06. The van der Waals surface area contributed by atoms with E-state index in [9.17, 15) is 18.3 Å². The predicted molar refractivity (Wildman–Crippen MR) is 68.3 cm³/mol. The Hall–Kier alpha value is -2.43. The Morgan fingerprint density at radius 3 is 2.25 bits per heavy atom. The first-order valence-corrected chi connectivity index (χ1v) is 5.85. The van der Waals surface area contributed by atoms with E-state index in [0.717, 1.165) is 0 Å². The third-order valence-corrected chi connectivity index (χ3v) is 3.06. The van der Waals surface area contributed by atoms with Crippen LogP contribution < -0.4 is 0 Å². The van der Waals surface area contributed by atoms with Crippen molar-refractivity contribution in [2.24, 2.45) is 0 Å². The van der Waals surface area contributed by atoms with Gasteiger partial charge in [-0.3, -0.25) is 0 Å². The highest BCUT2D eigenvalue weighted by atomic mass is 19.4. The molecule has 0 aliphatic heterocycles. The summed E-state index contributed by atoms with van der Waals surface area (Å²) in [5.74, 6) is -1.10. The van der Waals surface area contributed by atoms with Crippen LogP contribution in [0, 0.1) is 0 Å². The fourth-order valence-electron chi connectivity index (χ4n) is 2.26. The molecule has 0 bridgehead atoms. The first-order valence-electron chi connectivity index (χ1n) is 5.85. The molecule has 102 valence electrons. The largest absolute Gasteiger partial charge is 0.480 e. The number of hydrogen-bond acceptors (Lipinski definition) is 2. The normalized spacial score (nSPS) is 11.9. The van der Waals surface area contributed by atoms with E-state index >= 15 is 0 Å². The molecule has 0 saturated carbocycles. The van der Waals surface area contributed by atoms with Crippen molar-refractivity contribution in [3.05, 3.63) is 54.1 Å². The average molecular weight is 278 g/mol. The van der Waals surface area contributed by atoms with Gasteiger partial charge in [0, 0.05) is 5.39 Å². The van der Waals surface area contributed by atoms with Crippen molar-refractivity contribution in [3.63, 3.8) is 0 Å². The summed E-state index contributed by atoms with van der Waals surface area (Å²) in [6.07, 6.45) is -4.68. The van der Waals surface area contributed by atoms with Crippen LogP contribution in [0.1, 0.15) is 5.56 Å². The minimum absolute atomic E-state index is 0.0104. The zero-order valence-electron chi connectivity index (χ0n) is 10.1. The first kappa shape index (κ1) is 12.6. The van der Waals surface area contributed by atoms with Crippen LogP contribution in [0.15, 0.2) is 52.9 Å². The van der Waals surface area contributed by atoms with Crippen LogP contribution >= 0.6 is 0 Å². The lowest BCUT2D eigenvalue weighted by molar-refractivity contribution is -0.138. The number of alkyl halides is 3. The Bertz CT molecular complexity index is 758. The number of furan rings is 1. The standard InChI is InChI=1S/C15H9F3O2/c16-15(17,18)13-12-10(9-5-2-1-3-6-9)7-4-8-11(12)20-14(13)19/h1-8,19H. The summed E-state index contributed by atoms with van der Waals surface area (Å²) in [6.45, 7) is 0. The van der Waals surface area contributed by atoms with Gasteiger partial charge < -0.3 is 9.52 Å². The van der Waals surface area contributed by atoms with Gasteiger partial charge in [-0.05, 0) is 17.2 Å². The molecule has 3 rings (SSSR count). The number of aromatic hydroxyl groups is 1. The lowest BCUT2D eigenvalue weighted by Crippen LogP contribution is -2.04. The highest BCUT2D eigenvalue weighted by Crippen LogP contribution is 2.46. The van der Waals surface area contributed by atoms with Gasteiger partial charge in [-0.1, -0.05) is 42.5 Å². The van der Waals surface area contributed by atoms with Crippen LogP contribution in [0.5, 0.6) is 5.95 Å². The Kier molecular flexibility index (Phi) is 2.71. The van der Waals surface area contributed by atoms with E-state index < -0.39 is 17.7 Å². The van der Waals surface area contributed by atoms with Gasteiger partial charge >= 0.3 is 6.18 Å². The van der Waals surface area contributed by atoms with Gasteiger partial charge in [0.15, 0.2) is 0 Å². The summed E-state index contributed by atoms with van der Waals surface area (Å²) >= 11 is 0. The number of halogens is 3. The van der Waals surface area contributed by atoms with E-state index in [1.54, 1.807) is 42.5 Å². The topological polar surface area (TPSA) is 33.4 Å². The number of rotatable bonds is 1. The molecule has 20 heavy (non-hydrogen) atoms. The van der Waals surface area contributed by atoms with Crippen molar-refractivity contribution in [1.29, 1.82) is 0 Å². The average Bonchev–Trinajstić information content (AvgIpc) is 2.75. The number of hydrogen-bond donors (Lipinski definition) is 1. The molecular weight excluding hydrogens is 269 g/mol. The van der Waals surface area contributed by atoms with Crippen molar-refractivity contribution < 1.29 is 22.7 Å². The molecule has 0 spiro atoms. The Balaban J connectivity index is 2.40. The molecule has 0 atom stereocenters. The van der Waals surface area contributed by atoms with Crippen LogP contribution in [0.2, 0.25) is 0 Å². The molecule has 3 aromatic rings. The zero-order valence-corrected chi connectivity index (χ0v) is 10.1. The second-order valence-electron chi connectivity index (χ2n) is 4.32. The molecule has 5 heteroatoms. The molecule has 2 aromatic carbocycles. The fraction of sp³-hybridized carbons (Fsp3) is 0.0667. The lowest BCUT2D eigenvalue weighted by atomic mass is 9.99. The van der Waals surface area contributed by atoms with Gasteiger partial charge in [-0.2, -0.15) is 13.2 Å². The van der Waals surface area contributed by atoms with Gasteiger partial charge in [-0.25, -0.2) is 0 Å².